The van der Waals surface area contributed by atoms with Gasteiger partial charge in [-0.3, -0.25) is 10.00 Å². The van der Waals surface area contributed by atoms with Crippen molar-refractivity contribution < 1.29 is 0 Å². The van der Waals surface area contributed by atoms with Crippen molar-refractivity contribution in [1.82, 2.24) is 20.1 Å². The van der Waals surface area contributed by atoms with E-state index >= 15 is 0 Å². The molecule has 3 heterocycles. The maximum absolute atomic E-state index is 8.86. The summed E-state index contributed by atoms with van der Waals surface area (Å²) in [5.41, 5.74) is 4.68. The highest BCUT2D eigenvalue weighted by Gasteiger charge is 2.22. The standard InChI is InChI=1S/C18H22N6/c19-11-14-5-6-18(20-12-14)24-9-7-23(8-10-24)13-17-15-3-1-2-4-16(15)21-22-17/h5-6,12H,1-4,7-10,13H2,(H,21,22). The van der Waals surface area contributed by atoms with Gasteiger partial charge in [-0.15, -0.1) is 0 Å². The second-order valence-electron chi connectivity index (χ2n) is 6.61. The number of rotatable bonds is 3. The van der Waals surface area contributed by atoms with Gasteiger partial charge in [0.05, 0.1) is 11.3 Å². The molecule has 2 aromatic rings. The van der Waals surface area contributed by atoms with Crippen LogP contribution < -0.4 is 4.90 Å². The van der Waals surface area contributed by atoms with E-state index in [1.54, 1.807) is 6.20 Å². The van der Waals surface area contributed by atoms with Crippen molar-refractivity contribution in [3.63, 3.8) is 0 Å². The highest BCUT2D eigenvalue weighted by molar-refractivity contribution is 5.42. The number of nitriles is 1. The number of H-pyrrole nitrogens is 1. The van der Waals surface area contributed by atoms with E-state index in [0.29, 0.717) is 5.56 Å². The van der Waals surface area contributed by atoms with Gasteiger partial charge in [-0.05, 0) is 43.4 Å². The molecule has 124 valence electrons. The molecule has 1 aliphatic heterocycles. The van der Waals surface area contributed by atoms with Crippen LogP contribution in [0.4, 0.5) is 5.82 Å². The monoisotopic (exact) mass is 322 g/mol. The van der Waals surface area contributed by atoms with Crippen molar-refractivity contribution in [3.05, 3.63) is 40.8 Å². The topological polar surface area (TPSA) is 71.8 Å². The van der Waals surface area contributed by atoms with Gasteiger partial charge in [0.15, 0.2) is 0 Å². The van der Waals surface area contributed by atoms with E-state index in [-0.39, 0.29) is 0 Å². The summed E-state index contributed by atoms with van der Waals surface area (Å²) in [5, 5.41) is 16.7. The van der Waals surface area contributed by atoms with Crippen molar-refractivity contribution >= 4 is 5.82 Å². The number of piperazine rings is 1. The number of pyridine rings is 1. The third-order valence-electron chi connectivity index (χ3n) is 5.09. The van der Waals surface area contributed by atoms with Gasteiger partial charge >= 0.3 is 0 Å². The van der Waals surface area contributed by atoms with Gasteiger partial charge in [-0.2, -0.15) is 10.4 Å². The van der Waals surface area contributed by atoms with Gasteiger partial charge < -0.3 is 4.90 Å². The minimum absolute atomic E-state index is 0.612. The smallest absolute Gasteiger partial charge is 0.128 e. The van der Waals surface area contributed by atoms with Crippen LogP contribution in [0.15, 0.2) is 18.3 Å². The van der Waals surface area contributed by atoms with Crippen LogP contribution in [0.5, 0.6) is 0 Å². The zero-order chi connectivity index (χ0) is 16.4. The molecule has 0 unspecified atom stereocenters. The van der Waals surface area contributed by atoms with Gasteiger partial charge in [0, 0.05) is 44.6 Å². The summed E-state index contributed by atoms with van der Waals surface area (Å²) < 4.78 is 0. The zero-order valence-electron chi connectivity index (χ0n) is 13.8. The van der Waals surface area contributed by atoms with E-state index in [4.69, 9.17) is 5.26 Å². The highest BCUT2D eigenvalue weighted by Crippen LogP contribution is 2.23. The number of nitrogens with zero attached hydrogens (tertiary/aromatic N) is 5. The fourth-order valence-corrected chi connectivity index (χ4v) is 3.67. The number of nitrogens with one attached hydrogen (secondary N) is 1. The van der Waals surface area contributed by atoms with Crippen LogP contribution in [0.2, 0.25) is 0 Å². The van der Waals surface area contributed by atoms with E-state index in [2.05, 4.69) is 31.1 Å². The Hall–Kier alpha value is -2.39. The Bertz CT molecular complexity index is 734. The summed E-state index contributed by atoms with van der Waals surface area (Å²) in [6.07, 6.45) is 6.55. The van der Waals surface area contributed by atoms with Gasteiger partial charge in [0.1, 0.15) is 11.9 Å². The van der Waals surface area contributed by atoms with Crippen molar-refractivity contribution in [3.8, 4) is 6.07 Å². The minimum atomic E-state index is 0.612. The lowest BCUT2D eigenvalue weighted by atomic mass is 9.96. The fourth-order valence-electron chi connectivity index (χ4n) is 3.67. The maximum atomic E-state index is 8.86. The number of hydrogen-bond acceptors (Lipinski definition) is 5. The van der Waals surface area contributed by atoms with Crippen LogP contribution in [0.25, 0.3) is 0 Å². The number of aromatic nitrogens is 3. The fraction of sp³-hybridized carbons (Fsp3) is 0.500. The molecule has 1 fully saturated rings. The largest absolute Gasteiger partial charge is 0.354 e. The zero-order valence-corrected chi connectivity index (χ0v) is 13.8. The summed E-state index contributed by atoms with van der Waals surface area (Å²) >= 11 is 0. The van der Waals surface area contributed by atoms with Crippen molar-refractivity contribution in [2.45, 2.75) is 32.2 Å². The summed E-state index contributed by atoms with van der Waals surface area (Å²) in [5.74, 6) is 0.964. The van der Waals surface area contributed by atoms with Crippen LogP contribution in [0.3, 0.4) is 0 Å². The molecule has 24 heavy (non-hydrogen) atoms. The lowest BCUT2D eigenvalue weighted by Gasteiger charge is -2.35. The molecule has 0 spiro atoms. The average Bonchev–Trinajstić information content (AvgIpc) is 3.06. The molecule has 4 rings (SSSR count). The molecule has 2 aliphatic rings. The minimum Gasteiger partial charge on any atom is -0.354 e. The second-order valence-corrected chi connectivity index (χ2v) is 6.61. The van der Waals surface area contributed by atoms with Crippen molar-refractivity contribution in [2.75, 3.05) is 31.1 Å². The van der Waals surface area contributed by atoms with E-state index in [1.807, 2.05) is 12.1 Å². The SMILES string of the molecule is N#Cc1ccc(N2CCN(Cc3n[nH]c4c3CCCC4)CC2)nc1. The summed E-state index contributed by atoms with van der Waals surface area (Å²) in [4.78, 5) is 9.17. The number of aryl methyl sites for hydroxylation is 1. The number of aromatic amines is 1. The first-order valence-corrected chi connectivity index (χ1v) is 8.72. The van der Waals surface area contributed by atoms with Gasteiger partial charge in [-0.1, -0.05) is 0 Å². The normalized spacial score (nSPS) is 18.2. The molecule has 1 N–H and O–H groups in total. The van der Waals surface area contributed by atoms with Gasteiger partial charge in [-0.25, -0.2) is 4.98 Å². The molecule has 2 aromatic heterocycles. The molecule has 1 aliphatic carbocycles. The quantitative estimate of drug-likeness (QED) is 0.934. The molecule has 0 atom stereocenters. The molecule has 0 saturated carbocycles. The van der Waals surface area contributed by atoms with Crippen LogP contribution in [-0.4, -0.2) is 46.3 Å². The van der Waals surface area contributed by atoms with Crippen LogP contribution in [-0.2, 0) is 19.4 Å². The molecule has 1 saturated heterocycles. The lowest BCUT2D eigenvalue weighted by molar-refractivity contribution is 0.245. The predicted molar refractivity (Wildman–Crippen MR) is 91.7 cm³/mol. The van der Waals surface area contributed by atoms with Gasteiger partial charge in [0.25, 0.3) is 0 Å². The third kappa shape index (κ3) is 3.00. The Balaban J connectivity index is 1.36. The van der Waals surface area contributed by atoms with E-state index in [1.165, 1.54) is 36.2 Å². The summed E-state index contributed by atoms with van der Waals surface area (Å²) in [7, 11) is 0. The molecular weight excluding hydrogens is 300 g/mol. The van der Waals surface area contributed by atoms with E-state index < -0.39 is 0 Å². The second kappa shape index (κ2) is 6.62. The Morgan fingerprint density at radius 3 is 2.71 bits per heavy atom. The van der Waals surface area contributed by atoms with Crippen LogP contribution in [0, 0.1) is 11.3 Å². The van der Waals surface area contributed by atoms with Gasteiger partial charge in [0.2, 0.25) is 0 Å². The van der Waals surface area contributed by atoms with Crippen molar-refractivity contribution in [1.29, 1.82) is 5.26 Å². The Morgan fingerprint density at radius 2 is 1.96 bits per heavy atom. The van der Waals surface area contributed by atoms with E-state index in [0.717, 1.165) is 45.0 Å². The summed E-state index contributed by atoms with van der Waals surface area (Å²) in [6, 6.07) is 5.90. The molecular formula is C18H22N6. The number of anilines is 1. The Kier molecular flexibility index (Phi) is 4.18. The first-order valence-electron chi connectivity index (χ1n) is 8.72. The number of fused-ring (bicyclic) bond motifs is 1. The first kappa shape index (κ1) is 15.2. The van der Waals surface area contributed by atoms with E-state index in [9.17, 15) is 0 Å². The third-order valence-corrected chi connectivity index (χ3v) is 5.09. The average molecular weight is 322 g/mol. The molecule has 0 radical (unpaired) electrons. The lowest BCUT2D eigenvalue weighted by Crippen LogP contribution is -2.46. The van der Waals surface area contributed by atoms with Crippen LogP contribution >= 0.6 is 0 Å². The molecule has 0 bridgehead atoms. The molecule has 0 amide bonds. The maximum Gasteiger partial charge on any atom is 0.128 e. The first-order chi connectivity index (χ1) is 11.8. The Labute approximate surface area is 142 Å². The molecule has 6 nitrogen and oxygen atoms in total. The van der Waals surface area contributed by atoms with Crippen molar-refractivity contribution in [2.24, 2.45) is 0 Å². The molecule has 6 heteroatoms. The highest BCUT2D eigenvalue weighted by atomic mass is 15.3. The summed E-state index contributed by atoms with van der Waals surface area (Å²) in [6.45, 7) is 4.91. The van der Waals surface area contributed by atoms with Crippen LogP contribution in [0.1, 0.15) is 35.4 Å². The number of hydrogen-bond donors (Lipinski definition) is 1. The Morgan fingerprint density at radius 1 is 1.12 bits per heavy atom. The molecule has 0 aromatic carbocycles. The predicted octanol–water partition coefficient (Wildman–Crippen LogP) is 1.88.